The quantitative estimate of drug-likeness (QED) is 0.447. The topological polar surface area (TPSA) is 56.7 Å². The normalized spacial score (nSPS) is 24.2. The van der Waals surface area contributed by atoms with Crippen LogP contribution in [-0.4, -0.2) is 37.3 Å². The summed E-state index contributed by atoms with van der Waals surface area (Å²) in [5, 5.41) is 16.6. The molecule has 3 N–H and O–H groups in total. The van der Waals surface area contributed by atoms with Crippen molar-refractivity contribution < 1.29 is 5.11 Å². The van der Waals surface area contributed by atoms with E-state index in [1.54, 1.807) is 0 Å². The Kier molecular flexibility index (Phi) is 6.43. The summed E-state index contributed by atoms with van der Waals surface area (Å²) in [4.78, 5) is 4.94. The lowest BCUT2D eigenvalue weighted by Gasteiger charge is -2.35. The zero-order chi connectivity index (χ0) is 16.8. The van der Waals surface area contributed by atoms with Gasteiger partial charge in [0, 0.05) is 26.2 Å². The predicted octanol–water partition coefficient (Wildman–Crippen LogP) is 3.31. The maximum absolute atomic E-state index is 9.48. The Morgan fingerprint density at radius 1 is 1.08 bits per heavy atom. The van der Waals surface area contributed by atoms with E-state index in [1.165, 1.54) is 57.8 Å². The maximum Gasteiger partial charge on any atom is 0.191 e. The van der Waals surface area contributed by atoms with Gasteiger partial charge in [0.1, 0.15) is 0 Å². The summed E-state index contributed by atoms with van der Waals surface area (Å²) in [5.74, 6) is 3.82. The zero-order valence-corrected chi connectivity index (χ0v) is 15.5. The van der Waals surface area contributed by atoms with E-state index in [0.29, 0.717) is 6.61 Å². The summed E-state index contributed by atoms with van der Waals surface area (Å²) < 4.78 is 0. The van der Waals surface area contributed by atoms with Gasteiger partial charge in [0.15, 0.2) is 5.96 Å². The third-order valence-corrected chi connectivity index (χ3v) is 6.43. The second-order valence-corrected chi connectivity index (χ2v) is 8.45. The van der Waals surface area contributed by atoms with Crippen molar-refractivity contribution >= 4 is 5.96 Å². The molecule has 0 aliphatic heterocycles. The first kappa shape index (κ1) is 18.0. The summed E-state index contributed by atoms with van der Waals surface area (Å²) in [5.41, 5.74) is 0.238. The number of nitrogens with zero attached hydrogens (tertiary/aromatic N) is 1. The van der Waals surface area contributed by atoms with Gasteiger partial charge in [0.25, 0.3) is 0 Å². The van der Waals surface area contributed by atoms with E-state index >= 15 is 0 Å². The molecule has 0 unspecified atom stereocenters. The molecule has 3 aliphatic rings. The number of rotatable bonds is 9. The Morgan fingerprint density at radius 2 is 1.75 bits per heavy atom. The van der Waals surface area contributed by atoms with Crippen molar-refractivity contribution in [1.29, 1.82) is 0 Å². The fraction of sp³-hybridized carbons (Fsp3) is 0.950. The Morgan fingerprint density at radius 3 is 2.29 bits per heavy atom. The lowest BCUT2D eigenvalue weighted by atomic mass is 9.72. The van der Waals surface area contributed by atoms with E-state index in [2.05, 4.69) is 17.6 Å². The first-order chi connectivity index (χ1) is 11.8. The van der Waals surface area contributed by atoms with Gasteiger partial charge < -0.3 is 15.7 Å². The Labute approximate surface area is 147 Å². The molecule has 0 radical (unpaired) electrons. The second-order valence-electron chi connectivity index (χ2n) is 8.45. The highest BCUT2D eigenvalue weighted by Gasteiger charge is 2.41. The maximum atomic E-state index is 9.48. The number of aliphatic imine (C=N–C) groups is 1. The van der Waals surface area contributed by atoms with Crippen LogP contribution < -0.4 is 10.6 Å². The van der Waals surface area contributed by atoms with Crippen LogP contribution in [0.3, 0.4) is 0 Å². The highest BCUT2D eigenvalue weighted by atomic mass is 16.3. The van der Waals surface area contributed by atoms with Gasteiger partial charge in [0.05, 0.1) is 0 Å². The van der Waals surface area contributed by atoms with Crippen molar-refractivity contribution in [2.24, 2.45) is 28.2 Å². The summed E-state index contributed by atoms with van der Waals surface area (Å²) >= 11 is 0. The van der Waals surface area contributed by atoms with E-state index in [-0.39, 0.29) is 5.41 Å². The Bertz CT molecular complexity index is 392. The highest BCUT2D eigenvalue weighted by molar-refractivity contribution is 5.79. The molecular formula is C20H37N3O. The molecule has 3 saturated carbocycles. The van der Waals surface area contributed by atoms with Crippen molar-refractivity contribution in [3.63, 3.8) is 0 Å². The summed E-state index contributed by atoms with van der Waals surface area (Å²) in [6.45, 7) is 5.30. The van der Waals surface area contributed by atoms with Gasteiger partial charge in [-0.05, 0) is 75.0 Å². The van der Waals surface area contributed by atoms with Crippen molar-refractivity contribution in [2.45, 2.75) is 71.1 Å². The number of aliphatic hydroxyl groups is 1. The van der Waals surface area contributed by atoms with Crippen LogP contribution in [0.25, 0.3) is 0 Å². The molecule has 138 valence electrons. The Balaban J connectivity index is 1.55. The SMILES string of the molecule is CCNC(=NCC1(CCO)CCCCC1)NCC(C1CC1)C1CC1. The molecule has 0 aromatic heterocycles. The average Bonchev–Trinajstić information content (AvgIpc) is 3.47. The van der Waals surface area contributed by atoms with E-state index in [1.807, 2.05) is 0 Å². The van der Waals surface area contributed by atoms with Crippen LogP contribution in [0.4, 0.5) is 0 Å². The lowest BCUT2D eigenvalue weighted by Crippen LogP contribution is -2.41. The van der Waals surface area contributed by atoms with Crippen LogP contribution in [0.15, 0.2) is 4.99 Å². The minimum absolute atomic E-state index is 0.238. The molecule has 0 aromatic rings. The largest absolute Gasteiger partial charge is 0.396 e. The number of aliphatic hydroxyl groups excluding tert-OH is 1. The molecule has 3 rings (SSSR count). The molecule has 4 nitrogen and oxygen atoms in total. The molecule has 24 heavy (non-hydrogen) atoms. The minimum atomic E-state index is 0.238. The molecule has 0 saturated heterocycles. The number of hydrogen-bond donors (Lipinski definition) is 3. The Hall–Kier alpha value is -0.770. The van der Waals surface area contributed by atoms with Gasteiger partial charge in [-0.1, -0.05) is 19.3 Å². The molecule has 3 fully saturated rings. The first-order valence-corrected chi connectivity index (χ1v) is 10.4. The summed E-state index contributed by atoms with van der Waals surface area (Å²) in [6, 6.07) is 0. The van der Waals surface area contributed by atoms with Crippen LogP contribution in [0, 0.1) is 23.2 Å². The monoisotopic (exact) mass is 335 g/mol. The van der Waals surface area contributed by atoms with Gasteiger partial charge in [-0.2, -0.15) is 0 Å². The standard InChI is InChI=1S/C20H37N3O/c1-2-21-19(22-14-18(16-6-7-16)17-8-9-17)23-15-20(12-13-24)10-4-3-5-11-20/h16-18,24H,2-15H2,1H3,(H2,21,22,23). The molecule has 0 atom stereocenters. The molecule has 3 aliphatic carbocycles. The number of guanidine groups is 1. The smallest absolute Gasteiger partial charge is 0.191 e. The first-order valence-electron chi connectivity index (χ1n) is 10.4. The van der Waals surface area contributed by atoms with E-state index in [0.717, 1.165) is 49.8 Å². The highest BCUT2D eigenvalue weighted by Crippen LogP contribution is 2.48. The summed E-state index contributed by atoms with van der Waals surface area (Å²) in [7, 11) is 0. The molecule has 4 heteroatoms. The lowest BCUT2D eigenvalue weighted by molar-refractivity contribution is 0.137. The van der Waals surface area contributed by atoms with Crippen LogP contribution in [0.1, 0.15) is 71.1 Å². The van der Waals surface area contributed by atoms with Gasteiger partial charge in [-0.15, -0.1) is 0 Å². The van der Waals surface area contributed by atoms with E-state index < -0.39 is 0 Å². The minimum Gasteiger partial charge on any atom is -0.396 e. The molecular weight excluding hydrogens is 298 g/mol. The number of hydrogen-bond acceptors (Lipinski definition) is 2. The molecule has 0 amide bonds. The molecule has 0 aromatic carbocycles. The fourth-order valence-electron chi connectivity index (χ4n) is 4.60. The van der Waals surface area contributed by atoms with Crippen molar-refractivity contribution in [1.82, 2.24) is 10.6 Å². The van der Waals surface area contributed by atoms with Crippen molar-refractivity contribution in [2.75, 3.05) is 26.2 Å². The van der Waals surface area contributed by atoms with E-state index in [4.69, 9.17) is 4.99 Å². The van der Waals surface area contributed by atoms with Gasteiger partial charge in [-0.3, -0.25) is 4.99 Å². The van der Waals surface area contributed by atoms with Crippen LogP contribution >= 0.6 is 0 Å². The molecule has 0 heterocycles. The fourth-order valence-corrected chi connectivity index (χ4v) is 4.60. The third kappa shape index (κ3) is 5.11. The van der Waals surface area contributed by atoms with Crippen molar-refractivity contribution in [3.05, 3.63) is 0 Å². The van der Waals surface area contributed by atoms with Gasteiger partial charge in [0.2, 0.25) is 0 Å². The van der Waals surface area contributed by atoms with Crippen LogP contribution in [0.2, 0.25) is 0 Å². The van der Waals surface area contributed by atoms with Gasteiger partial charge >= 0.3 is 0 Å². The molecule has 0 spiro atoms. The third-order valence-electron chi connectivity index (χ3n) is 6.43. The average molecular weight is 336 g/mol. The van der Waals surface area contributed by atoms with Crippen molar-refractivity contribution in [3.8, 4) is 0 Å². The zero-order valence-electron chi connectivity index (χ0n) is 15.5. The van der Waals surface area contributed by atoms with Crippen LogP contribution in [0.5, 0.6) is 0 Å². The summed E-state index contributed by atoms with van der Waals surface area (Å²) in [6.07, 6.45) is 13.1. The van der Waals surface area contributed by atoms with Crippen LogP contribution in [-0.2, 0) is 0 Å². The molecule has 0 bridgehead atoms. The predicted molar refractivity (Wildman–Crippen MR) is 100 cm³/mol. The second kappa shape index (κ2) is 8.55. The van der Waals surface area contributed by atoms with Gasteiger partial charge in [-0.25, -0.2) is 0 Å². The van der Waals surface area contributed by atoms with E-state index in [9.17, 15) is 5.11 Å². The number of nitrogens with one attached hydrogen (secondary N) is 2.